The van der Waals surface area contributed by atoms with E-state index >= 15 is 0 Å². The summed E-state index contributed by atoms with van der Waals surface area (Å²) in [5.41, 5.74) is 0.551. The highest BCUT2D eigenvalue weighted by Crippen LogP contribution is 2.09. The zero-order valence-corrected chi connectivity index (χ0v) is 9.64. The Morgan fingerprint density at radius 2 is 1.88 bits per heavy atom. The third kappa shape index (κ3) is 4.93. The van der Waals surface area contributed by atoms with E-state index in [1.54, 1.807) is 0 Å². The first-order chi connectivity index (χ1) is 7.58. The third-order valence-electron chi connectivity index (χ3n) is 1.67. The molecule has 0 aliphatic carbocycles. The molecule has 0 aromatic heterocycles. The number of rotatable bonds is 5. The Labute approximate surface area is 97.4 Å². The van der Waals surface area contributed by atoms with E-state index in [1.807, 2.05) is 0 Å². The summed E-state index contributed by atoms with van der Waals surface area (Å²) in [7, 11) is 0. The monoisotopic (exact) mass is 241 g/mol. The number of hydrogen-bond acceptors (Lipinski definition) is 3. The normalized spacial score (nSPS) is 9.88. The lowest BCUT2D eigenvalue weighted by Gasteiger charge is -2.04. The van der Waals surface area contributed by atoms with Gasteiger partial charge in [-0.15, -0.1) is 11.8 Å². The predicted molar refractivity (Wildman–Crippen MR) is 63.0 cm³/mol. The topological polar surface area (TPSA) is 46.2 Å². The van der Waals surface area contributed by atoms with Crippen molar-refractivity contribution in [2.45, 2.75) is 6.92 Å². The molecule has 1 aromatic carbocycles. The lowest BCUT2D eigenvalue weighted by Crippen LogP contribution is -2.15. The van der Waals surface area contributed by atoms with Gasteiger partial charge in [-0.3, -0.25) is 9.59 Å². The van der Waals surface area contributed by atoms with E-state index in [-0.39, 0.29) is 23.3 Å². The smallest absolute Gasteiger partial charge is 0.234 e. The van der Waals surface area contributed by atoms with E-state index in [0.717, 1.165) is 0 Å². The standard InChI is InChI=1S/C11H12FNO2S/c1-8(14)6-16-7-11(15)13-10-4-2-9(12)3-5-10/h2-5H,6-7H2,1H3,(H,13,15). The number of halogens is 1. The van der Waals surface area contributed by atoms with Gasteiger partial charge >= 0.3 is 0 Å². The molecule has 86 valence electrons. The fourth-order valence-electron chi connectivity index (χ4n) is 1.02. The minimum atomic E-state index is -0.344. The molecule has 1 N–H and O–H groups in total. The predicted octanol–water partition coefficient (Wildman–Crippen LogP) is 2.09. The fraction of sp³-hybridized carbons (Fsp3) is 0.273. The van der Waals surface area contributed by atoms with Crippen LogP contribution in [-0.2, 0) is 9.59 Å². The molecule has 3 nitrogen and oxygen atoms in total. The van der Waals surface area contributed by atoms with Crippen LogP contribution in [0.5, 0.6) is 0 Å². The van der Waals surface area contributed by atoms with Crippen LogP contribution in [0.1, 0.15) is 6.92 Å². The van der Waals surface area contributed by atoms with Crippen molar-refractivity contribution in [2.75, 3.05) is 16.8 Å². The van der Waals surface area contributed by atoms with Gasteiger partial charge in [0, 0.05) is 5.69 Å². The number of anilines is 1. The molecule has 0 spiro atoms. The summed E-state index contributed by atoms with van der Waals surface area (Å²) in [5, 5.41) is 2.61. The Morgan fingerprint density at radius 1 is 1.25 bits per heavy atom. The van der Waals surface area contributed by atoms with Crippen LogP contribution in [-0.4, -0.2) is 23.2 Å². The molecule has 0 radical (unpaired) electrons. The Kier molecular flexibility index (Phi) is 4.98. The highest BCUT2D eigenvalue weighted by Gasteiger charge is 2.03. The maximum atomic E-state index is 12.6. The fourth-order valence-corrected chi connectivity index (χ4v) is 1.66. The number of thioether (sulfide) groups is 1. The second-order valence-electron chi connectivity index (χ2n) is 3.25. The van der Waals surface area contributed by atoms with Crippen molar-refractivity contribution >= 4 is 29.1 Å². The van der Waals surface area contributed by atoms with Crippen molar-refractivity contribution in [2.24, 2.45) is 0 Å². The van der Waals surface area contributed by atoms with Crippen LogP contribution in [0.2, 0.25) is 0 Å². The van der Waals surface area contributed by atoms with E-state index in [9.17, 15) is 14.0 Å². The summed E-state index contributed by atoms with van der Waals surface area (Å²) in [5.74, 6) is 0.0507. The highest BCUT2D eigenvalue weighted by molar-refractivity contribution is 8.00. The summed E-state index contributed by atoms with van der Waals surface area (Å²) in [6.07, 6.45) is 0. The Morgan fingerprint density at radius 3 is 2.44 bits per heavy atom. The van der Waals surface area contributed by atoms with Gasteiger partial charge in [0.1, 0.15) is 11.6 Å². The van der Waals surface area contributed by atoms with Crippen molar-refractivity contribution in [3.63, 3.8) is 0 Å². The number of carbonyl (C=O) groups excluding carboxylic acids is 2. The van der Waals surface area contributed by atoms with Gasteiger partial charge in [0.2, 0.25) is 5.91 Å². The molecule has 0 saturated heterocycles. The first-order valence-electron chi connectivity index (χ1n) is 4.70. The molecular weight excluding hydrogens is 229 g/mol. The number of nitrogens with one attached hydrogen (secondary N) is 1. The van der Waals surface area contributed by atoms with Crippen molar-refractivity contribution in [1.82, 2.24) is 0 Å². The van der Waals surface area contributed by atoms with Crippen LogP contribution in [0.3, 0.4) is 0 Å². The highest BCUT2D eigenvalue weighted by atomic mass is 32.2. The number of carbonyl (C=O) groups is 2. The summed E-state index contributed by atoms with van der Waals surface area (Å²) in [6, 6.07) is 5.53. The molecule has 0 unspecified atom stereocenters. The van der Waals surface area contributed by atoms with E-state index in [2.05, 4.69) is 5.32 Å². The van der Waals surface area contributed by atoms with Gasteiger partial charge in [0.15, 0.2) is 0 Å². The van der Waals surface area contributed by atoms with Gasteiger partial charge in [0.25, 0.3) is 0 Å². The SMILES string of the molecule is CC(=O)CSCC(=O)Nc1ccc(F)cc1. The van der Waals surface area contributed by atoms with Crippen LogP contribution >= 0.6 is 11.8 Å². The van der Waals surface area contributed by atoms with Crippen molar-refractivity contribution < 1.29 is 14.0 Å². The Balaban J connectivity index is 2.34. The molecule has 16 heavy (non-hydrogen) atoms. The maximum Gasteiger partial charge on any atom is 0.234 e. The summed E-state index contributed by atoms with van der Waals surface area (Å²) in [4.78, 5) is 22.0. The minimum absolute atomic E-state index is 0.0413. The quantitative estimate of drug-likeness (QED) is 0.858. The molecule has 5 heteroatoms. The van der Waals surface area contributed by atoms with E-state index in [4.69, 9.17) is 0 Å². The number of benzene rings is 1. The minimum Gasteiger partial charge on any atom is -0.325 e. The Bertz CT molecular complexity index is 378. The molecule has 1 rings (SSSR count). The number of amides is 1. The second kappa shape index (κ2) is 6.27. The maximum absolute atomic E-state index is 12.6. The summed E-state index contributed by atoms with van der Waals surface area (Å²) < 4.78 is 12.6. The second-order valence-corrected chi connectivity index (χ2v) is 4.24. The molecule has 0 atom stereocenters. The zero-order valence-electron chi connectivity index (χ0n) is 8.83. The lowest BCUT2D eigenvalue weighted by atomic mass is 10.3. The average Bonchev–Trinajstić information content (AvgIpc) is 2.21. The van der Waals surface area contributed by atoms with E-state index < -0.39 is 0 Å². The largest absolute Gasteiger partial charge is 0.325 e. The lowest BCUT2D eigenvalue weighted by molar-refractivity contribution is -0.114. The summed E-state index contributed by atoms with van der Waals surface area (Å²) in [6.45, 7) is 1.48. The van der Waals surface area contributed by atoms with Gasteiger partial charge in [-0.2, -0.15) is 0 Å². The van der Waals surface area contributed by atoms with E-state index in [1.165, 1.54) is 43.0 Å². The Hall–Kier alpha value is -1.36. The molecule has 1 aromatic rings. The van der Waals surface area contributed by atoms with Gasteiger partial charge in [-0.1, -0.05) is 0 Å². The zero-order chi connectivity index (χ0) is 12.0. The van der Waals surface area contributed by atoms with Gasteiger partial charge in [-0.05, 0) is 31.2 Å². The van der Waals surface area contributed by atoms with Crippen LogP contribution in [0, 0.1) is 5.82 Å². The first-order valence-corrected chi connectivity index (χ1v) is 5.86. The van der Waals surface area contributed by atoms with Crippen molar-refractivity contribution in [1.29, 1.82) is 0 Å². The number of ketones is 1. The van der Waals surface area contributed by atoms with Crippen LogP contribution in [0.15, 0.2) is 24.3 Å². The van der Waals surface area contributed by atoms with Gasteiger partial charge in [0.05, 0.1) is 11.5 Å². The molecule has 0 saturated carbocycles. The van der Waals surface area contributed by atoms with Gasteiger partial charge in [-0.25, -0.2) is 4.39 Å². The van der Waals surface area contributed by atoms with Crippen LogP contribution in [0.25, 0.3) is 0 Å². The molecular formula is C11H12FNO2S. The number of Topliss-reactive ketones (excluding diaryl/α,β-unsaturated/α-hetero) is 1. The number of hydrogen-bond donors (Lipinski definition) is 1. The molecule has 0 aliphatic rings. The molecule has 0 fully saturated rings. The summed E-state index contributed by atoms with van der Waals surface area (Å²) >= 11 is 1.26. The van der Waals surface area contributed by atoms with Gasteiger partial charge < -0.3 is 5.32 Å². The third-order valence-corrected chi connectivity index (χ3v) is 2.74. The molecule has 0 aliphatic heterocycles. The first kappa shape index (κ1) is 12.7. The molecule has 0 heterocycles. The van der Waals surface area contributed by atoms with Crippen LogP contribution in [0.4, 0.5) is 10.1 Å². The molecule has 1 amide bonds. The van der Waals surface area contributed by atoms with Crippen molar-refractivity contribution in [3.05, 3.63) is 30.1 Å². The van der Waals surface area contributed by atoms with Crippen molar-refractivity contribution in [3.8, 4) is 0 Å². The molecule has 0 bridgehead atoms. The average molecular weight is 241 g/mol. The van der Waals surface area contributed by atoms with Crippen LogP contribution < -0.4 is 5.32 Å². The van der Waals surface area contributed by atoms with E-state index in [0.29, 0.717) is 11.4 Å².